The molecule has 102 valence electrons. The molecule has 0 amide bonds. The summed E-state index contributed by atoms with van der Waals surface area (Å²) in [6.45, 7) is 0. The summed E-state index contributed by atoms with van der Waals surface area (Å²) in [4.78, 5) is 4.33. The average molecular weight is 281 g/mol. The maximum atomic E-state index is 12.1. The van der Waals surface area contributed by atoms with Crippen molar-refractivity contribution in [1.82, 2.24) is 14.6 Å². The van der Waals surface area contributed by atoms with E-state index in [1.807, 2.05) is 0 Å². The second-order valence-corrected chi connectivity index (χ2v) is 6.99. The molecule has 1 aliphatic heterocycles. The van der Waals surface area contributed by atoms with Crippen LogP contribution < -0.4 is 4.74 Å². The molecule has 3 rings (SSSR count). The SMILES string of the molecule is COc1ccn2nc(C3CCCCS3(=O)=O)nc2c1. The molecule has 1 fully saturated rings. The van der Waals surface area contributed by atoms with Gasteiger partial charge in [-0.15, -0.1) is 5.10 Å². The van der Waals surface area contributed by atoms with Crippen LogP contribution in [0.2, 0.25) is 0 Å². The Kier molecular flexibility index (Phi) is 2.93. The first-order valence-electron chi connectivity index (χ1n) is 6.22. The van der Waals surface area contributed by atoms with Gasteiger partial charge >= 0.3 is 0 Å². The van der Waals surface area contributed by atoms with E-state index in [-0.39, 0.29) is 5.75 Å². The molecule has 19 heavy (non-hydrogen) atoms. The zero-order chi connectivity index (χ0) is 13.5. The highest BCUT2D eigenvalue weighted by molar-refractivity contribution is 7.91. The van der Waals surface area contributed by atoms with Gasteiger partial charge < -0.3 is 4.74 Å². The number of rotatable bonds is 2. The van der Waals surface area contributed by atoms with Crippen molar-refractivity contribution in [2.24, 2.45) is 0 Å². The highest BCUT2D eigenvalue weighted by atomic mass is 32.2. The van der Waals surface area contributed by atoms with Crippen LogP contribution in [0.1, 0.15) is 30.3 Å². The smallest absolute Gasteiger partial charge is 0.169 e. The Morgan fingerprint density at radius 1 is 1.42 bits per heavy atom. The van der Waals surface area contributed by atoms with E-state index >= 15 is 0 Å². The van der Waals surface area contributed by atoms with Crippen LogP contribution in [0.25, 0.3) is 5.65 Å². The van der Waals surface area contributed by atoms with Gasteiger partial charge in [-0.25, -0.2) is 17.9 Å². The molecule has 0 bridgehead atoms. The molecule has 1 atom stereocenters. The molecular weight excluding hydrogens is 266 g/mol. The third kappa shape index (κ3) is 2.18. The van der Waals surface area contributed by atoms with Crippen LogP contribution in [-0.4, -0.2) is 35.9 Å². The molecule has 0 spiro atoms. The third-order valence-corrected chi connectivity index (χ3v) is 5.60. The van der Waals surface area contributed by atoms with Crippen LogP contribution in [0.3, 0.4) is 0 Å². The van der Waals surface area contributed by atoms with Gasteiger partial charge in [-0.2, -0.15) is 0 Å². The summed E-state index contributed by atoms with van der Waals surface area (Å²) in [6, 6.07) is 3.51. The minimum Gasteiger partial charge on any atom is -0.497 e. The number of hydrogen-bond acceptors (Lipinski definition) is 5. The Morgan fingerprint density at radius 2 is 2.26 bits per heavy atom. The standard InChI is InChI=1S/C12H15N3O3S/c1-18-9-5-6-15-11(8-9)13-12(14-15)10-4-2-3-7-19(10,16)17/h5-6,8,10H,2-4,7H2,1H3. The van der Waals surface area contributed by atoms with Crippen LogP contribution >= 0.6 is 0 Å². The average Bonchev–Trinajstić information content (AvgIpc) is 2.80. The van der Waals surface area contributed by atoms with Crippen LogP contribution in [-0.2, 0) is 9.84 Å². The molecule has 1 aliphatic rings. The minimum absolute atomic E-state index is 0.233. The first-order valence-corrected chi connectivity index (χ1v) is 7.93. The number of fused-ring (bicyclic) bond motifs is 1. The van der Waals surface area contributed by atoms with Crippen molar-refractivity contribution in [3.63, 3.8) is 0 Å². The fourth-order valence-electron chi connectivity index (χ4n) is 2.39. The molecule has 2 aromatic rings. The first kappa shape index (κ1) is 12.4. The molecule has 0 saturated carbocycles. The second-order valence-electron chi connectivity index (χ2n) is 4.69. The van der Waals surface area contributed by atoms with Gasteiger partial charge in [0.05, 0.1) is 12.9 Å². The topological polar surface area (TPSA) is 73.6 Å². The monoisotopic (exact) mass is 281 g/mol. The lowest BCUT2D eigenvalue weighted by molar-refractivity contribution is 0.414. The Labute approximate surface area is 111 Å². The zero-order valence-corrected chi connectivity index (χ0v) is 11.4. The van der Waals surface area contributed by atoms with Crippen molar-refractivity contribution < 1.29 is 13.2 Å². The molecule has 6 nitrogen and oxygen atoms in total. The van der Waals surface area contributed by atoms with Crippen molar-refractivity contribution in [2.75, 3.05) is 12.9 Å². The third-order valence-electron chi connectivity index (χ3n) is 3.43. The second kappa shape index (κ2) is 4.48. The molecule has 1 unspecified atom stereocenters. The number of sulfone groups is 1. The highest BCUT2D eigenvalue weighted by Crippen LogP contribution is 2.31. The molecule has 0 N–H and O–H groups in total. The lowest BCUT2D eigenvalue weighted by Gasteiger charge is -2.19. The summed E-state index contributed by atoms with van der Waals surface area (Å²) in [5, 5.41) is 3.72. The van der Waals surface area contributed by atoms with Crippen LogP contribution in [0.4, 0.5) is 0 Å². The van der Waals surface area contributed by atoms with E-state index in [9.17, 15) is 8.42 Å². The Balaban J connectivity index is 2.05. The van der Waals surface area contributed by atoms with E-state index in [0.717, 1.165) is 12.8 Å². The van der Waals surface area contributed by atoms with Gasteiger partial charge in [-0.05, 0) is 18.9 Å². The predicted molar refractivity (Wildman–Crippen MR) is 69.9 cm³/mol. The first-order chi connectivity index (χ1) is 9.10. The summed E-state index contributed by atoms with van der Waals surface area (Å²) >= 11 is 0. The van der Waals surface area contributed by atoms with Gasteiger partial charge in [0.2, 0.25) is 0 Å². The van der Waals surface area contributed by atoms with Crippen LogP contribution in [0.15, 0.2) is 18.3 Å². The lowest BCUT2D eigenvalue weighted by atomic mass is 10.2. The summed E-state index contributed by atoms with van der Waals surface area (Å²) in [5.41, 5.74) is 0.607. The molecule has 3 heterocycles. The number of hydrogen-bond donors (Lipinski definition) is 0. The molecular formula is C12H15N3O3S. The summed E-state index contributed by atoms with van der Waals surface area (Å²) < 4.78 is 30.8. The summed E-state index contributed by atoms with van der Waals surface area (Å²) in [6.07, 6.45) is 3.97. The molecule has 2 aromatic heterocycles. The van der Waals surface area contributed by atoms with Crippen molar-refractivity contribution in [3.8, 4) is 5.75 Å². The van der Waals surface area contributed by atoms with Crippen molar-refractivity contribution in [3.05, 3.63) is 24.2 Å². The minimum atomic E-state index is -3.11. The Morgan fingerprint density at radius 3 is 3.00 bits per heavy atom. The van der Waals surface area contributed by atoms with Crippen molar-refractivity contribution in [1.29, 1.82) is 0 Å². The number of aromatic nitrogens is 3. The maximum Gasteiger partial charge on any atom is 0.169 e. The van der Waals surface area contributed by atoms with E-state index in [0.29, 0.717) is 23.6 Å². The molecule has 0 aliphatic carbocycles. The predicted octanol–water partition coefficient (Wildman–Crippen LogP) is 1.38. The van der Waals surface area contributed by atoms with E-state index in [2.05, 4.69) is 10.1 Å². The molecule has 0 aromatic carbocycles. The molecule has 7 heteroatoms. The Hall–Kier alpha value is -1.63. The number of pyridine rings is 1. The van der Waals surface area contributed by atoms with Gasteiger partial charge in [-0.3, -0.25) is 0 Å². The van der Waals surface area contributed by atoms with Gasteiger partial charge in [0.1, 0.15) is 11.0 Å². The Bertz CT molecular complexity index is 708. The summed E-state index contributed by atoms with van der Waals surface area (Å²) in [7, 11) is -1.53. The maximum absolute atomic E-state index is 12.1. The number of ether oxygens (including phenoxy) is 1. The van der Waals surface area contributed by atoms with Gasteiger partial charge in [0.15, 0.2) is 21.3 Å². The van der Waals surface area contributed by atoms with Gasteiger partial charge in [-0.1, -0.05) is 6.42 Å². The van der Waals surface area contributed by atoms with Crippen LogP contribution in [0, 0.1) is 0 Å². The largest absolute Gasteiger partial charge is 0.497 e. The molecule has 0 radical (unpaired) electrons. The van der Waals surface area contributed by atoms with E-state index in [4.69, 9.17) is 4.74 Å². The van der Waals surface area contributed by atoms with E-state index in [1.54, 1.807) is 30.0 Å². The molecule has 1 saturated heterocycles. The number of methoxy groups -OCH3 is 1. The van der Waals surface area contributed by atoms with Crippen molar-refractivity contribution in [2.45, 2.75) is 24.5 Å². The summed E-state index contributed by atoms with van der Waals surface area (Å²) in [5.74, 6) is 1.31. The highest BCUT2D eigenvalue weighted by Gasteiger charge is 2.33. The van der Waals surface area contributed by atoms with Gasteiger partial charge in [0, 0.05) is 12.3 Å². The van der Waals surface area contributed by atoms with Crippen molar-refractivity contribution >= 4 is 15.5 Å². The fourth-order valence-corrected chi connectivity index (χ4v) is 4.23. The van der Waals surface area contributed by atoms with Crippen LogP contribution in [0.5, 0.6) is 5.75 Å². The van der Waals surface area contributed by atoms with Gasteiger partial charge in [0.25, 0.3) is 0 Å². The zero-order valence-electron chi connectivity index (χ0n) is 10.6. The normalized spacial score (nSPS) is 22.5. The fraction of sp³-hybridized carbons (Fsp3) is 0.500. The lowest BCUT2D eigenvalue weighted by Crippen LogP contribution is -2.22. The number of nitrogens with zero attached hydrogens (tertiary/aromatic N) is 3. The van der Waals surface area contributed by atoms with E-state index in [1.165, 1.54) is 0 Å². The van der Waals surface area contributed by atoms with E-state index < -0.39 is 15.1 Å². The quantitative estimate of drug-likeness (QED) is 0.831.